The highest BCUT2D eigenvalue weighted by molar-refractivity contribution is 7.34. The summed E-state index contributed by atoms with van der Waals surface area (Å²) >= 11 is 0. The van der Waals surface area contributed by atoms with E-state index in [1.807, 2.05) is 6.07 Å². The number of para-hydroxylation sites is 1. The summed E-state index contributed by atoms with van der Waals surface area (Å²) < 4.78 is 14.0. The van der Waals surface area contributed by atoms with Crippen molar-refractivity contribution in [1.82, 2.24) is 0 Å². The first-order chi connectivity index (χ1) is 9.15. The third kappa shape index (κ3) is 4.97. The van der Waals surface area contributed by atoms with Gasteiger partial charge in [-0.3, -0.25) is 4.52 Å². The number of nitrogens with zero attached hydrogens (tertiary/aromatic N) is 1. The molecule has 0 aliphatic heterocycles. The molecule has 0 radical (unpaired) electrons. The Kier molecular flexibility index (Phi) is 4.88. The number of benzene rings is 1. The fraction of sp³-hybridized carbons (Fsp3) is 0.462. The number of carbonyl (C=O) groups excluding carboxylic acids is 1. The predicted molar refractivity (Wildman–Crippen MR) is 69.6 cm³/mol. The van der Waals surface area contributed by atoms with Gasteiger partial charge in [0.1, 0.15) is 0 Å². The molecular weight excluding hydrogens is 265 g/mol. The van der Waals surface area contributed by atoms with Crippen LogP contribution in [0.1, 0.15) is 19.8 Å². The van der Waals surface area contributed by atoms with E-state index in [0.717, 1.165) is 12.8 Å². The lowest BCUT2D eigenvalue weighted by Gasteiger charge is -2.05. The monoisotopic (exact) mass is 281 g/mol. The minimum absolute atomic E-state index is 0.440. The molecule has 0 amide bonds. The van der Waals surface area contributed by atoms with Crippen LogP contribution in [0.15, 0.2) is 35.1 Å². The van der Waals surface area contributed by atoms with Crippen molar-refractivity contribution in [3.63, 3.8) is 0 Å². The van der Waals surface area contributed by atoms with Gasteiger partial charge in [0.05, 0.1) is 6.61 Å². The Bertz CT molecular complexity index is 459. The second kappa shape index (κ2) is 6.64. The summed E-state index contributed by atoms with van der Waals surface area (Å²) in [5.74, 6) is 0.517. The number of hydrogen-bond acceptors (Lipinski definition) is 5. The van der Waals surface area contributed by atoms with Crippen LogP contribution in [-0.4, -0.2) is 18.6 Å². The van der Waals surface area contributed by atoms with Gasteiger partial charge in [-0.2, -0.15) is 0 Å². The van der Waals surface area contributed by atoms with Gasteiger partial charge in [-0.1, -0.05) is 22.9 Å². The maximum atomic E-state index is 11.6. The summed E-state index contributed by atoms with van der Waals surface area (Å²) in [6.07, 6.45) is 2.23. The van der Waals surface area contributed by atoms with E-state index < -0.39 is 20.2 Å². The van der Waals surface area contributed by atoms with Crippen molar-refractivity contribution in [1.29, 1.82) is 0 Å². The van der Waals surface area contributed by atoms with Gasteiger partial charge in [-0.25, -0.2) is 4.79 Å². The number of rotatable bonds is 6. The lowest BCUT2D eigenvalue weighted by Crippen LogP contribution is -2.19. The summed E-state index contributed by atoms with van der Waals surface area (Å²) in [5, 5.41) is 0. The van der Waals surface area contributed by atoms with Crippen molar-refractivity contribution in [2.75, 3.05) is 6.61 Å². The molecule has 1 aliphatic rings. The third-order valence-corrected chi connectivity index (χ3v) is 3.60. The van der Waals surface area contributed by atoms with Crippen molar-refractivity contribution in [3.05, 3.63) is 30.3 Å². The van der Waals surface area contributed by atoms with Crippen LogP contribution in [0.2, 0.25) is 0 Å². The van der Waals surface area contributed by atoms with Crippen molar-refractivity contribution in [2.24, 2.45) is 10.7 Å². The normalized spacial score (nSPS) is 16.8. The third-order valence-electron chi connectivity index (χ3n) is 2.69. The predicted octanol–water partition coefficient (Wildman–Crippen LogP) is 2.26. The fourth-order valence-electron chi connectivity index (χ4n) is 1.39. The summed E-state index contributed by atoms with van der Waals surface area (Å²) in [6, 6.07) is 7.95. The molecule has 1 aromatic rings. The molecule has 6 heteroatoms. The highest BCUT2D eigenvalue weighted by Gasteiger charge is 2.25. The maximum absolute atomic E-state index is 11.6. The van der Waals surface area contributed by atoms with Crippen LogP contribution in [0, 0.1) is 5.92 Å². The van der Waals surface area contributed by atoms with Crippen LogP contribution in [0.25, 0.3) is 0 Å². The van der Waals surface area contributed by atoms with E-state index in [4.69, 9.17) is 9.26 Å². The molecule has 0 spiro atoms. The molecule has 0 bridgehead atoms. The lowest BCUT2D eigenvalue weighted by molar-refractivity contribution is -0.169. The molecule has 0 heterocycles. The van der Waals surface area contributed by atoms with Gasteiger partial charge in [0.15, 0.2) is 11.8 Å². The fourth-order valence-corrected chi connectivity index (χ4v) is 2.12. The van der Waals surface area contributed by atoms with Crippen molar-refractivity contribution < 1.29 is 18.9 Å². The second-order valence-electron chi connectivity index (χ2n) is 4.51. The molecule has 2 atom stereocenters. The molecule has 1 unspecified atom stereocenters. The molecule has 5 nitrogen and oxygen atoms in total. The van der Waals surface area contributed by atoms with E-state index in [2.05, 4.69) is 4.74 Å². The summed E-state index contributed by atoms with van der Waals surface area (Å²) in [5.41, 5.74) is 0. The van der Waals surface area contributed by atoms with Crippen molar-refractivity contribution >= 4 is 14.1 Å². The molecule has 1 saturated carbocycles. The zero-order chi connectivity index (χ0) is 13.7. The molecular formula is C13H16NO4P. The molecule has 0 saturated heterocycles. The Morgan fingerprint density at radius 3 is 2.79 bits per heavy atom. The van der Waals surface area contributed by atoms with Gasteiger partial charge in [0.2, 0.25) is 0 Å². The molecule has 2 rings (SSSR count). The standard InChI is InChI=1S/C13H16NO4P/c1-10(13(15)17-9-11-7-8-11)14-19(16)18-12-5-3-2-4-6-12/h2-6,10-11H,7-9H2,1H3/t10-/m0/s1. The highest BCUT2D eigenvalue weighted by atomic mass is 31.1. The molecule has 1 fully saturated rings. The summed E-state index contributed by atoms with van der Waals surface area (Å²) in [6.45, 7) is 1.99. The topological polar surface area (TPSA) is 71.0 Å². The van der Waals surface area contributed by atoms with Gasteiger partial charge in [-0.15, -0.1) is 0 Å². The van der Waals surface area contributed by atoms with Crippen LogP contribution >= 0.6 is 8.17 Å². The first-order valence-corrected chi connectivity index (χ1v) is 7.36. The first kappa shape index (κ1) is 14.0. The van der Waals surface area contributed by atoms with Gasteiger partial charge in [0, 0.05) is 0 Å². The zero-order valence-corrected chi connectivity index (χ0v) is 11.6. The Morgan fingerprint density at radius 2 is 2.16 bits per heavy atom. The van der Waals surface area contributed by atoms with Crippen molar-refractivity contribution in [2.45, 2.75) is 25.8 Å². The average Bonchev–Trinajstić information content (AvgIpc) is 3.21. The number of carbonyl (C=O) groups is 1. The van der Waals surface area contributed by atoms with Gasteiger partial charge in [0.25, 0.3) is 0 Å². The van der Waals surface area contributed by atoms with E-state index in [-0.39, 0.29) is 0 Å². The van der Waals surface area contributed by atoms with Crippen LogP contribution in [0.4, 0.5) is 0 Å². The van der Waals surface area contributed by atoms with Crippen LogP contribution in [0.5, 0.6) is 5.75 Å². The van der Waals surface area contributed by atoms with Gasteiger partial charge in [-0.05, 0) is 37.8 Å². The summed E-state index contributed by atoms with van der Waals surface area (Å²) in [4.78, 5) is 23.2. The Hall–Kier alpha value is -1.45. The molecule has 1 aliphatic carbocycles. The van der Waals surface area contributed by atoms with E-state index in [1.165, 1.54) is 0 Å². The van der Waals surface area contributed by atoms with Crippen LogP contribution in [0.3, 0.4) is 0 Å². The van der Waals surface area contributed by atoms with Crippen LogP contribution < -0.4 is 9.42 Å². The highest BCUT2D eigenvalue weighted by Crippen LogP contribution is 2.29. The number of esters is 1. The second-order valence-corrected chi connectivity index (χ2v) is 5.40. The minimum atomic E-state index is -2.26. The number of hydrogen-bond donors (Lipinski definition) is 0. The Labute approximate surface area is 113 Å². The van der Waals surface area contributed by atoms with E-state index in [0.29, 0.717) is 18.3 Å². The van der Waals surface area contributed by atoms with Crippen LogP contribution in [-0.2, 0) is 9.53 Å². The maximum Gasteiger partial charge on any atom is 0.395 e. The smallest absolute Gasteiger partial charge is 0.395 e. The van der Waals surface area contributed by atoms with E-state index >= 15 is 0 Å². The van der Waals surface area contributed by atoms with E-state index in [1.54, 1.807) is 31.2 Å². The number of ether oxygens (including phenoxy) is 1. The Balaban J connectivity index is 1.82. The summed E-state index contributed by atoms with van der Waals surface area (Å²) in [7, 11) is -2.26. The molecule has 1 aromatic carbocycles. The molecule has 0 aromatic heterocycles. The molecule has 0 N–H and O–H groups in total. The zero-order valence-electron chi connectivity index (χ0n) is 10.7. The Morgan fingerprint density at radius 1 is 1.47 bits per heavy atom. The average molecular weight is 281 g/mol. The molecule has 102 valence electrons. The minimum Gasteiger partial charge on any atom is -0.575 e. The molecule has 19 heavy (non-hydrogen) atoms. The van der Waals surface area contributed by atoms with Crippen molar-refractivity contribution in [3.8, 4) is 5.75 Å². The lowest BCUT2D eigenvalue weighted by atomic mass is 10.3. The SMILES string of the molecule is C[C@H](N=[P+]([O-])Oc1ccccc1)C(=O)OCC1CC1. The quantitative estimate of drug-likeness (QED) is 0.592. The first-order valence-electron chi connectivity index (χ1n) is 6.23. The van der Waals surface area contributed by atoms with Gasteiger partial charge < -0.3 is 9.63 Å². The largest absolute Gasteiger partial charge is 0.575 e. The van der Waals surface area contributed by atoms with Gasteiger partial charge >= 0.3 is 14.1 Å². The van der Waals surface area contributed by atoms with E-state index in [9.17, 15) is 9.69 Å².